The Hall–Kier alpha value is -3.40. The van der Waals surface area contributed by atoms with Crippen LogP contribution in [0.1, 0.15) is 24.1 Å². The number of nitrogens with one attached hydrogen (secondary N) is 1. The number of carbonyl (C=O) groups excluding carboxylic acids is 1. The Morgan fingerprint density at radius 3 is 2.81 bits per heavy atom. The maximum Gasteiger partial charge on any atom is 0.258 e. The van der Waals surface area contributed by atoms with E-state index < -0.39 is 0 Å². The number of hydrogen-bond donors (Lipinski definition) is 1. The van der Waals surface area contributed by atoms with Gasteiger partial charge >= 0.3 is 0 Å². The van der Waals surface area contributed by atoms with Crippen LogP contribution >= 0.6 is 0 Å². The highest BCUT2D eigenvalue weighted by Crippen LogP contribution is 2.34. The molecule has 26 heavy (non-hydrogen) atoms. The zero-order valence-corrected chi connectivity index (χ0v) is 14.4. The Morgan fingerprint density at radius 1 is 1.23 bits per heavy atom. The van der Waals surface area contributed by atoms with Crippen LogP contribution in [-0.4, -0.2) is 26.4 Å². The average Bonchev–Trinajstić information content (AvgIpc) is 3.13. The van der Waals surface area contributed by atoms with Gasteiger partial charge in [-0.2, -0.15) is 5.26 Å². The number of rotatable bonds is 6. The van der Waals surface area contributed by atoms with E-state index in [1.165, 1.54) is 7.11 Å². The zero-order valence-electron chi connectivity index (χ0n) is 14.4. The molecule has 1 atom stereocenters. The van der Waals surface area contributed by atoms with Crippen molar-refractivity contribution in [3.8, 4) is 29.1 Å². The van der Waals surface area contributed by atoms with E-state index in [4.69, 9.17) is 24.2 Å². The molecule has 2 aromatic carbocycles. The minimum atomic E-state index is -0.276. The maximum atomic E-state index is 12.2. The van der Waals surface area contributed by atoms with Crippen molar-refractivity contribution in [3.63, 3.8) is 0 Å². The minimum Gasteiger partial charge on any atom is -0.493 e. The summed E-state index contributed by atoms with van der Waals surface area (Å²) in [6.45, 7) is 1.91. The third kappa shape index (κ3) is 3.81. The van der Waals surface area contributed by atoms with Crippen LogP contribution in [0.3, 0.4) is 0 Å². The van der Waals surface area contributed by atoms with E-state index in [9.17, 15) is 4.79 Å². The predicted octanol–water partition coefficient (Wildman–Crippen LogP) is 2.55. The van der Waals surface area contributed by atoms with Crippen LogP contribution in [0.4, 0.5) is 0 Å². The summed E-state index contributed by atoms with van der Waals surface area (Å²) in [5.41, 5.74) is 1.36. The molecule has 2 aromatic rings. The lowest BCUT2D eigenvalue weighted by molar-refractivity contribution is -0.123. The van der Waals surface area contributed by atoms with Crippen LogP contribution in [0.2, 0.25) is 0 Å². The minimum absolute atomic E-state index is 0.169. The molecule has 0 fully saturated rings. The second kappa shape index (κ2) is 7.66. The van der Waals surface area contributed by atoms with Crippen molar-refractivity contribution in [1.29, 1.82) is 5.26 Å². The summed E-state index contributed by atoms with van der Waals surface area (Å²) in [7, 11) is 1.48. The summed E-state index contributed by atoms with van der Waals surface area (Å²) in [4.78, 5) is 12.2. The van der Waals surface area contributed by atoms with Crippen molar-refractivity contribution in [2.45, 2.75) is 13.0 Å². The van der Waals surface area contributed by atoms with Crippen molar-refractivity contribution in [2.24, 2.45) is 0 Å². The highest BCUT2D eigenvalue weighted by atomic mass is 16.7. The number of nitriles is 1. The van der Waals surface area contributed by atoms with Gasteiger partial charge in [-0.15, -0.1) is 0 Å². The molecule has 3 rings (SSSR count). The molecule has 1 aliphatic heterocycles. The highest BCUT2D eigenvalue weighted by Gasteiger charge is 2.17. The molecule has 0 aromatic heterocycles. The molecule has 7 heteroatoms. The lowest BCUT2D eigenvalue weighted by Gasteiger charge is -2.16. The monoisotopic (exact) mass is 354 g/mol. The summed E-state index contributed by atoms with van der Waals surface area (Å²) in [6, 6.07) is 12.1. The number of amides is 1. The van der Waals surface area contributed by atoms with Crippen molar-refractivity contribution in [1.82, 2.24) is 5.32 Å². The first-order chi connectivity index (χ1) is 12.6. The molecule has 1 heterocycles. The molecule has 1 amide bonds. The molecule has 0 saturated heterocycles. The van der Waals surface area contributed by atoms with Gasteiger partial charge in [0.25, 0.3) is 5.91 Å². The van der Waals surface area contributed by atoms with Crippen LogP contribution in [0.25, 0.3) is 0 Å². The Labute approximate surface area is 151 Å². The molecule has 1 unspecified atom stereocenters. The van der Waals surface area contributed by atoms with E-state index in [0.29, 0.717) is 28.6 Å². The van der Waals surface area contributed by atoms with Crippen molar-refractivity contribution in [3.05, 3.63) is 47.5 Å². The van der Waals surface area contributed by atoms with E-state index >= 15 is 0 Å². The fourth-order valence-electron chi connectivity index (χ4n) is 2.55. The molecular weight excluding hydrogens is 336 g/mol. The summed E-state index contributed by atoms with van der Waals surface area (Å²) in [5, 5.41) is 11.8. The third-order valence-electron chi connectivity index (χ3n) is 3.93. The largest absolute Gasteiger partial charge is 0.493 e. The van der Waals surface area contributed by atoms with E-state index in [1.807, 2.05) is 31.2 Å². The van der Waals surface area contributed by atoms with Crippen LogP contribution in [0.5, 0.6) is 23.0 Å². The van der Waals surface area contributed by atoms with E-state index in [0.717, 1.165) is 5.56 Å². The lowest BCUT2D eigenvalue weighted by atomic mass is 10.1. The van der Waals surface area contributed by atoms with E-state index in [1.54, 1.807) is 18.2 Å². The molecule has 0 saturated carbocycles. The quantitative estimate of drug-likeness (QED) is 0.857. The van der Waals surface area contributed by atoms with Gasteiger partial charge in [0, 0.05) is 6.07 Å². The van der Waals surface area contributed by atoms with Gasteiger partial charge in [0.1, 0.15) is 0 Å². The van der Waals surface area contributed by atoms with Crippen LogP contribution in [0, 0.1) is 11.3 Å². The third-order valence-corrected chi connectivity index (χ3v) is 3.93. The Balaban J connectivity index is 1.58. The molecule has 0 bridgehead atoms. The fraction of sp³-hybridized carbons (Fsp3) is 0.263. The number of benzene rings is 2. The summed E-state index contributed by atoms with van der Waals surface area (Å²) >= 11 is 0. The standard InChI is InChI=1S/C19H18N2O5/c1-12(14-4-6-16-18(8-14)26-11-25-16)21-19(22)10-24-15-5-3-13(9-20)7-17(15)23-2/h3-8,12H,10-11H2,1-2H3,(H,21,22). The number of methoxy groups -OCH3 is 1. The number of fused-ring (bicyclic) bond motifs is 1. The topological polar surface area (TPSA) is 89.8 Å². The first-order valence-electron chi connectivity index (χ1n) is 8.00. The van der Waals surface area contributed by atoms with E-state index in [2.05, 4.69) is 5.32 Å². The number of hydrogen-bond acceptors (Lipinski definition) is 6. The van der Waals surface area contributed by atoms with E-state index in [-0.39, 0.29) is 25.3 Å². The van der Waals surface area contributed by atoms with Crippen LogP contribution in [-0.2, 0) is 4.79 Å². The van der Waals surface area contributed by atoms with Gasteiger partial charge in [0.05, 0.1) is 24.8 Å². The first-order valence-corrected chi connectivity index (χ1v) is 8.00. The zero-order chi connectivity index (χ0) is 18.5. The molecule has 0 spiro atoms. The van der Waals surface area contributed by atoms with Gasteiger partial charge in [-0.05, 0) is 36.8 Å². The normalized spacial score (nSPS) is 12.8. The second-order valence-electron chi connectivity index (χ2n) is 5.67. The molecule has 1 aliphatic rings. The Morgan fingerprint density at radius 2 is 2.04 bits per heavy atom. The van der Waals surface area contributed by atoms with Gasteiger partial charge in [0.15, 0.2) is 29.6 Å². The number of ether oxygens (including phenoxy) is 4. The van der Waals surface area contributed by atoms with Gasteiger partial charge in [-0.1, -0.05) is 6.07 Å². The number of carbonyl (C=O) groups is 1. The summed E-state index contributed by atoms with van der Waals surface area (Å²) in [5.74, 6) is 1.89. The van der Waals surface area contributed by atoms with Gasteiger partial charge in [-0.3, -0.25) is 4.79 Å². The maximum absolute atomic E-state index is 12.2. The molecule has 1 N–H and O–H groups in total. The van der Waals surface area contributed by atoms with Gasteiger partial charge in [-0.25, -0.2) is 0 Å². The fourth-order valence-corrected chi connectivity index (χ4v) is 2.55. The Kier molecular flexibility index (Phi) is 5.13. The SMILES string of the molecule is COc1cc(C#N)ccc1OCC(=O)NC(C)c1ccc2c(c1)OCO2. The summed E-state index contributed by atoms with van der Waals surface area (Å²) in [6.07, 6.45) is 0. The average molecular weight is 354 g/mol. The van der Waals surface area contributed by atoms with Gasteiger partial charge < -0.3 is 24.3 Å². The highest BCUT2D eigenvalue weighted by molar-refractivity contribution is 5.78. The van der Waals surface area contributed by atoms with Crippen LogP contribution in [0.15, 0.2) is 36.4 Å². The number of nitrogens with zero attached hydrogens (tertiary/aromatic N) is 1. The molecule has 0 radical (unpaired) electrons. The van der Waals surface area contributed by atoms with Crippen molar-refractivity contribution >= 4 is 5.91 Å². The smallest absolute Gasteiger partial charge is 0.258 e. The predicted molar refractivity (Wildman–Crippen MR) is 92.3 cm³/mol. The summed E-state index contributed by atoms with van der Waals surface area (Å²) < 4.78 is 21.3. The lowest BCUT2D eigenvalue weighted by Crippen LogP contribution is -2.31. The van der Waals surface area contributed by atoms with Crippen LogP contribution < -0.4 is 24.3 Å². The van der Waals surface area contributed by atoms with Crippen molar-refractivity contribution in [2.75, 3.05) is 20.5 Å². The molecule has 7 nitrogen and oxygen atoms in total. The second-order valence-corrected chi connectivity index (χ2v) is 5.67. The van der Waals surface area contributed by atoms with Crippen molar-refractivity contribution < 1.29 is 23.7 Å². The molecular formula is C19H18N2O5. The Bertz CT molecular complexity index is 859. The first kappa shape index (κ1) is 17.4. The van der Waals surface area contributed by atoms with Gasteiger partial charge in [0.2, 0.25) is 6.79 Å². The molecule has 134 valence electrons. The molecule has 0 aliphatic carbocycles.